The summed E-state index contributed by atoms with van der Waals surface area (Å²) in [5.74, 6) is -0.00100. The second-order valence-electron chi connectivity index (χ2n) is 4.16. The molecule has 0 saturated heterocycles. The van der Waals surface area contributed by atoms with Crippen molar-refractivity contribution >= 4 is 28.6 Å². The number of fused-ring (bicyclic) bond motifs is 1. The number of nitrogens with one attached hydrogen (secondary N) is 1. The summed E-state index contributed by atoms with van der Waals surface area (Å²) in [5.41, 5.74) is 1.17. The summed E-state index contributed by atoms with van der Waals surface area (Å²) in [4.78, 5) is 20.1. The molecule has 0 aromatic carbocycles. The molecule has 0 amide bonds. The molecule has 0 unspecified atom stereocenters. The minimum absolute atomic E-state index is 0.190. The van der Waals surface area contributed by atoms with E-state index in [9.17, 15) is 4.79 Å². The molecular formula is C12H11ClN6O3. The summed E-state index contributed by atoms with van der Waals surface area (Å²) in [6.07, 6.45) is 2.83. The Kier molecular flexibility index (Phi) is 3.63. The number of carbonyl (C=O) groups excluding carboxylic acids is 1. The lowest BCUT2D eigenvalue weighted by Gasteiger charge is -2.03. The summed E-state index contributed by atoms with van der Waals surface area (Å²) in [5, 5.41) is 10.8. The Labute approximate surface area is 129 Å². The van der Waals surface area contributed by atoms with Gasteiger partial charge in [0.15, 0.2) is 5.15 Å². The molecule has 0 aliphatic heterocycles. The molecule has 22 heavy (non-hydrogen) atoms. The van der Waals surface area contributed by atoms with Crippen molar-refractivity contribution in [3.63, 3.8) is 0 Å². The van der Waals surface area contributed by atoms with Crippen LogP contribution in [0, 0.1) is 0 Å². The van der Waals surface area contributed by atoms with Crippen LogP contribution < -0.4 is 4.74 Å². The van der Waals surface area contributed by atoms with Crippen LogP contribution in [0.25, 0.3) is 17.0 Å². The zero-order valence-electron chi connectivity index (χ0n) is 11.7. The molecule has 114 valence electrons. The zero-order chi connectivity index (χ0) is 15.7. The van der Waals surface area contributed by atoms with Gasteiger partial charge in [-0.2, -0.15) is 15.2 Å². The smallest absolute Gasteiger partial charge is 0.341 e. The summed E-state index contributed by atoms with van der Waals surface area (Å²) >= 11 is 5.97. The molecule has 3 rings (SSSR count). The van der Waals surface area contributed by atoms with Crippen molar-refractivity contribution in [3.05, 3.63) is 23.1 Å². The monoisotopic (exact) mass is 322 g/mol. The van der Waals surface area contributed by atoms with Gasteiger partial charge in [-0.25, -0.2) is 14.5 Å². The van der Waals surface area contributed by atoms with Crippen LogP contribution in [-0.4, -0.2) is 49.6 Å². The van der Waals surface area contributed by atoms with Crippen molar-refractivity contribution in [2.75, 3.05) is 13.7 Å². The van der Waals surface area contributed by atoms with Crippen LogP contribution in [0.5, 0.6) is 5.88 Å². The van der Waals surface area contributed by atoms with Gasteiger partial charge in [0.25, 0.3) is 5.95 Å². The highest BCUT2D eigenvalue weighted by Gasteiger charge is 2.17. The van der Waals surface area contributed by atoms with Gasteiger partial charge >= 0.3 is 5.97 Å². The molecule has 0 spiro atoms. The number of rotatable bonds is 4. The maximum absolute atomic E-state index is 11.7. The fourth-order valence-electron chi connectivity index (χ4n) is 1.84. The number of esters is 1. The first-order valence-corrected chi connectivity index (χ1v) is 6.69. The first-order chi connectivity index (χ1) is 10.6. The third kappa shape index (κ3) is 2.35. The lowest BCUT2D eigenvalue weighted by molar-refractivity contribution is 0.0526. The highest BCUT2D eigenvalue weighted by molar-refractivity contribution is 6.33. The third-order valence-corrected chi connectivity index (χ3v) is 3.08. The number of hydrogen-bond donors (Lipinski definition) is 1. The van der Waals surface area contributed by atoms with E-state index in [0.29, 0.717) is 16.6 Å². The molecule has 0 saturated carbocycles. The van der Waals surface area contributed by atoms with Gasteiger partial charge < -0.3 is 9.47 Å². The van der Waals surface area contributed by atoms with E-state index < -0.39 is 5.97 Å². The van der Waals surface area contributed by atoms with Gasteiger partial charge in [-0.05, 0) is 6.92 Å². The van der Waals surface area contributed by atoms with Crippen molar-refractivity contribution < 1.29 is 14.3 Å². The first kappa shape index (κ1) is 14.3. The summed E-state index contributed by atoms with van der Waals surface area (Å²) in [6, 6.07) is 0. The molecule has 0 radical (unpaired) electrons. The van der Waals surface area contributed by atoms with Gasteiger partial charge in [0, 0.05) is 6.20 Å². The molecule has 9 nitrogen and oxygen atoms in total. The van der Waals surface area contributed by atoms with E-state index in [1.165, 1.54) is 24.2 Å². The van der Waals surface area contributed by atoms with E-state index in [1.54, 1.807) is 6.92 Å². The maximum Gasteiger partial charge on any atom is 0.341 e. The molecular weight excluding hydrogens is 312 g/mol. The highest BCUT2D eigenvalue weighted by atomic mass is 35.5. The second kappa shape index (κ2) is 5.60. The van der Waals surface area contributed by atoms with Crippen LogP contribution in [0.2, 0.25) is 5.15 Å². The number of hydrogen-bond acceptors (Lipinski definition) is 7. The fourth-order valence-corrected chi connectivity index (χ4v) is 2.02. The van der Waals surface area contributed by atoms with Crippen molar-refractivity contribution in [2.45, 2.75) is 6.92 Å². The van der Waals surface area contributed by atoms with Gasteiger partial charge in [-0.1, -0.05) is 11.6 Å². The average Bonchev–Trinajstić information content (AvgIpc) is 3.14. The van der Waals surface area contributed by atoms with Crippen LogP contribution >= 0.6 is 11.6 Å². The first-order valence-electron chi connectivity index (χ1n) is 6.31. The number of aromatic nitrogens is 6. The Morgan fingerprint density at radius 2 is 2.27 bits per heavy atom. The van der Waals surface area contributed by atoms with E-state index >= 15 is 0 Å². The van der Waals surface area contributed by atoms with E-state index in [1.807, 2.05) is 0 Å². The number of nitrogens with zero attached hydrogens (tertiary/aromatic N) is 5. The lowest BCUT2D eigenvalue weighted by Crippen LogP contribution is -2.05. The molecule has 3 aromatic heterocycles. The Morgan fingerprint density at radius 1 is 1.45 bits per heavy atom. The molecule has 0 fully saturated rings. The largest absolute Gasteiger partial charge is 0.479 e. The standard InChI is InChI=1S/C12H11ClN6O3/c1-3-22-11(20)6-4-14-19(5-6)12-15-7-8(10(16-12)21-2)17-18-9(7)13/h4-5H,3H2,1-2H3,(H,17,18). The van der Waals surface area contributed by atoms with E-state index in [4.69, 9.17) is 21.1 Å². The normalized spacial score (nSPS) is 10.9. The minimum Gasteiger partial charge on any atom is -0.479 e. The van der Waals surface area contributed by atoms with Crippen molar-refractivity contribution in [3.8, 4) is 11.8 Å². The quantitative estimate of drug-likeness (QED) is 0.723. The highest BCUT2D eigenvalue weighted by Crippen LogP contribution is 2.25. The maximum atomic E-state index is 11.7. The fraction of sp³-hybridized carbons (Fsp3) is 0.250. The predicted molar refractivity (Wildman–Crippen MR) is 76.3 cm³/mol. The molecule has 3 heterocycles. The molecule has 0 atom stereocenters. The second-order valence-corrected chi connectivity index (χ2v) is 4.52. The summed E-state index contributed by atoms with van der Waals surface area (Å²) in [7, 11) is 1.47. The van der Waals surface area contributed by atoms with Gasteiger partial charge in [0.05, 0.1) is 25.5 Å². The van der Waals surface area contributed by atoms with E-state index in [0.717, 1.165) is 0 Å². The van der Waals surface area contributed by atoms with Crippen molar-refractivity contribution in [1.29, 1.82) is 0 Å². The van der Waals surface area contributed by atoms with Crippen molar-refractivity contribution in [2.24, 2.45) is 0 Å². The number of ether oxygens (including phenoxy) is 2. The predicted octanol–water partition coefficient (Wildman–Crippen LogP) is 1.38. The van der Waals surface area contributed by atoms with Gasteiger partial charge in [-0.15, -0.1) is 0 Å². The Hall–Kier alpha value is -2.68. The van der Waals surface area contributed by atoms with E-state index in [-0.39, 0.29) is 23.6 Å². The van der Waals surface area contributed by atoms with Gasteiger partial charge in [-0.3, -0.25) is 5.10 Å². The minimum atomic E-state index is -0.469. The lowest BCUT2D eigenvalue weighted by atomic mass is 10.4. The molecule has 1 N–H and O–H groups in total. The van der Waals surface area contributed by atoms with Gasteiger partial charge in [0.1, 0.15) is 11.0 Å². The number of aromatic amines is 1. The number of carbonyl (C=O) groups is 1. The molecule has 0 aliphatic rings. The van der Waals surface area contributed by atoms with Crippen LogP contribution in [0.3, 0.4) is 0 Å². The zero-order valence-corrected chi connectivity index (χ0v) is 12.5. The van der Waals surface area contributed by atoms with Crippen LogP contribution in [0.1, 0.15) is 17.3 Å². The van der Waals surface area contributed by atoms with Crippen molar-refractivity contribution in [1.82, 2.24) is 29.9 Å². The van der Waals surface area contributed by atoms with Crippen LogP contribution in [0.15, 0.2) is 12.4 Å². The summed E-state index contributed by atoms with van der Waals surface area (Å²) < 4.78 is 11.4. The molecule has 10 heteroatoms. The third-order valence-electron chi connectivity index (χ3n) is 2.82. The molecule has 3 aromatic rings. The van der Waals surface area contributed by atoms with E-state index in [2.05, 4.69) is 25.3 Å². The number of H-pyrrole nitrogens is 1. The average molecular weight is 323 g/mol. The van der Waals surface area contributed by atoms with Gasteiger partial charge in [0.2, 0.25) is 5.88 Å². The molecule has 0 bridgehead atoms. The topological polar surface area (TPSA) is 108 Å². The van der Waals surface area contributed by atoms with Crippen LogP contribution in [-0.2, 0) is 4.74 Å². The Morgan fingerprint density at radius 3 is 3.00 bits per heavy atom. The SMILES string of the molecule is CCOC(=O)c1cnn(-c2nc(OC)c3[nH]nc(Cl)c3n2)c1. The number of halogens is 1. The molecule has 0 aliphatic carbocycles. The number of methoxy groups -OCH3 is 1. The summed E-state index contributed by atoms with van der Waals surface area (Å²) in [6.45, 7) is 2.01. The Balaban J connectivity index is 2.06. The Bertz CT molecular complexity index is 843. The van der Waals surface area contributed by atoms with Crippen LogP contribution in [0.4, 0.5) is 0 Å².